The van der Waals surface area contributed by atoms with Crippen molar-refractivity contribution in [3.8, 4) is 0 Å². The van der Waals surface area contributed by atoms with Crippen molar-refractivity contribution in [3.05, 3.63) is 29.8 Å². The van der Waals surface area contributed by atoms with Crippen LogP contribution in [0.5, 0.6) is 0 Å². The minimum Gasteiger partial charge on any atom is -0.481 e. The van der Waals surface area contributed by atoms with Crippen LogP contribution in [0, 0.1) is 6.92 Å². The average Bonchev–Trinajstić information content (AvgIpc) is 2.30. The summed E-state index contributed by atoms with van der Waals surface area (Å²) in [4.78, 5) is 24.4. The Morgan fingerprint density at radius 1 is 1.37 bits per heavy atom. The van der Waals surface area contributed by atoms with Crippen molar-refractivity contribution in [2.45, 2.75) is 32.7 Å². The van der Waals surface area contributed by atoms with Gasteiger partial charge in [-0.15, -0.1) is 0 Å². The molecule has 0 aliphatic heterocycles. The number of carbonyl (C=O) groups is 2. The SMILES string of the molecule is Cc1ccccc1N(CCC(=O)O)C(=O)CC(C)N. The summed E-state index contributed by atoms with van der Waals surface area (Å²) in [6, 6.07) is 7.17. The molecule has 0 aliphatic carbocycles. The van der Waals surface area contributed by atoms with E-state index in [4.69, 9.17) is 10.8 Å². The van der Waals surface area contributed by atoms with Gasteiger partial charge in [-0.3, -0.25) is 9.59 Å². The van der Waals surface area contributed by atoms with Crippen LogP contribution >= 0.6 is 0 Å². The highest BCUT2D eigenvalue weighted by atomic mass is 16.4. The van der Waals surface area contributed by atoms with E-state index in [9.17, 15) is 9.59 Å². The number of hydrogen-bond acceptors (Lipinski definition) is 3. The summed E-state index contributed by atoms with van der Waals surface area (Å²) in [6.45, 7) is 3.80. The van der Waals surface area contributed by atoms with Crippen LogP contribution in [0.4, 0.5) is 5.69 Å². The molecule has 0 heterocycles. The zero-order chi connectivity index (χ0) is 14.4. The number of carboxylic acid groups (broad SMARTS) is 1. The van der Waals surface area contributed by atoms with Crippen LogP contribution in [0.2, 0.25) is 0 Å². The molecule has 5 nitrogen and oxygen atoms in total. The molecule has 1 unspecified atom stereocenters. The molecule has 104 valence electrons. The lowest BCUT2D eigenvalue weighted by Gasteiger charge is -2.24. The molecule has 0 aliphatic rings. The Labute approximate surface area is 113 Å². The summed E-state index contributed by atoms with van der Waals surface area (Å²) in [5.74, 6) is -1.07. The molecule has 1 aromatic carbocycles. The number of carbonyl (C=O) groups excluding carboxylic acids is 1. The van der Waals surface area contributed by atoms with Crippen LogP contribution in [0.15, 0.2) is 24.3 Å². The molecular formula is C14H20N2O3. The monoisotopic (exact) mass is 264 g/mol. The predicted molar refractivity (Wildman–Crippen MR) is 74.1 cm³/mol. The summed E-state index contributed by atoms with van der Waals surface area (Å²) >= 11 is 0. The Morgan fingerprint density at radius 3 is 2.53 bits per heavy atom. The fourth-order valence-electron chi connectivity index (χ4n) is 1.84. The Bertz CT molecular complexity index is 458. The zero-order valence-corrected chi connectivity index (χ0v) is 11.3. The number of aryl methyl sites for hydroxylation is 1. The second-order valence-electron chi connectivity index (χ2n) is 4.66. The Balaban J connectivity index is 2.95. The van der Waals surface area contributed by atoms with E-state index >= 15 is 0 Å². The van der Waals surface area contributed by atoms with Gasteiger partial charge in [-0.25, -0.2) is 0 Å². The summed E-state index contributed by atoms with van der Waals surface area (Å²) < 4.78 is 0. The topological polar surface area (TPSA) is 83.6 Å². The molecule has 0 spiro atoms. The molecule has 3 N–H and O–H groups in total. The lowest BCUT2D eigenvalue weighted by Crippen LogP contribution is -2.36. The van der Waals surface area contributed by atoms with Gasteiger partial charge in [0.2, 0.25) is 5.91 Å². The number of anilines is 1. The van der Waals surface area contributed by atoms with Crippen molar-refractivity contribution < 1.29 is 14.7 Å². The van der Waals surface area contributed by atoms with Crippen LogP contribution in [-0.2, 0) is 9.59 Å². The first kappa shape index (κ1) is 15.2. The molecule has 1 rings (SSSR count). The number of para-hydroxylation sites is 1. The van der Waals surface area contributed by atoms with E-state index in [1.165, 1.54) is 4.90 Å². The van der Waals surface area contributed by atoms with E-state index in [2.05, 4.69) is 0 Å². The molecule has 0 saturated heterocycles. The number of aliphatic carboxylic acids is 1. The van der Waals surface area contributed by atoms with E-state index in [1.807, 2.05) is 31.2 Å². The third kappa shape index (κ3) is 4.71. The van der Waals surface area contributed by atoms with Crippen LogP contribution in [0.25, 0.3) is 0 Å². The first-order valence-electron chi connectivity index (χ1n) is 6.25. The number of rotatable bonds is 6. The summed E-state index contributed by atoms with van der Waals surface area (Å²) in [6.07, 6.45) is 0.118. The highest BCUT2D eigenvalue weighted by molar-refractivity contribution is 5.94. The first-order chi connectivity index (χ1) is 8.91. The number of carboxylic acids is 1. The second-order valence-corrected chi connectivity index (χ2v) is 4.66. The fraction of sp³-hybridized carbons (Fsp3) is 0.429. The van der Waals surface area contributed by atoms with Crippen molar-refractivity contribution in [1.82, 2.24) is 0 Å². The molecule has 1 aromatic rings. The maximum atomic E-state index is 12.2. The van der Waals surface area contributed by atoms with Crippen molar-refractivity contribution in [2.24, 2.45) is 5.73 Å². The average molecular weight is 264 g/mol. The van der Waals surface area contributed by atoms with E-state index < -0.39 is 5.97 Å². The third-order valence-electron chi connectivity index (χ3n) is 2.75. The highest BCUT2D eigenvalue weighted by Crippen LogP contribution is 2.20. The quantitative estimate of drug-likeness (QED) is 0.816. The van der Waals surface area contributed by atoms with E-state index in [1.54, 1.807) is 6.92 Å². The molecule has 19 heavy (non-hydrogen) atoms. The smallest absolute Gasteiger partial charge is 0.305 e. The Morgan fingerprint density at radius 2 is 2.00 bits per heavy atom. The molecule has 0 saturated carbocycles. The van der Waals surface area contributed by atoms with Gasteiger partial charge in [-0.2, -0.15) is 0 Å². The Kier molecular flexibility index (Phi) is 5.51. The molecule has 1 atom stereocenters. The largest absolute Gasteiger partial charge is 0.481 e. The minimum absolute atomic E-state index is 0.0843. The lowest BCUT2D eigenvalue weighted by molar-refractivity contribution is -0.136. The second kappa shape index (κ2) is 6.89. The van der Waals surface area contributed by atoms with Crippen molar-refractivity contribution in [2.75, 3.05) is 11.4 Å². The van der Waals surface area contributed by atoms with Gasteiger partial charge in [-0.05, 0) is 25.5 Å². The van der Waals surface area contributed by atoms with Gasteiger partial charge in [0.05, 0.1) is 6.42 Å². The lowest BCUT2D eigenvalue weighted by atomic mass is 10.1. The van der Waals surface area contributed by atoms with Crippen LogP contribution in [0.3, 0.4) is 0 Å². The highest BCUT2D eigenvalue weighted by Gasteiger charge is 2.19. The minimum atomic E-state index is -0.924. The molecule has 0 radical (unpaired) electrons. The Hall–Kier alpha value is -1.88. The molecule has 1 amide bonds. The van der Waals surface area contributed by atoms with E-state index in [-0.39, 0.29) is 31.3 Å². The predicted octanol–water partition coefficient (Wildman–Crippen LogP) is 1.54. The first-order valence-corrected chi connectivity index (χ1v) is 6.25. The zero-order valence-electron chi connectivity index (χ0n) is 11.3. The van der Waals surface area contributed by atoms with Gasteiger partial charge in [0.1, 0.15) is 0 Å². The number of nitrogens with two attached hydrogens (primary N) is 1. The molecule has 0 bridgehead atoms. The van der Waals surface area contributed by atoms with Crippen LogP contribution in [-0.4, -0.2) is 29.6 Å². The number of hydrogen-bond donors (Lipinski definition) is 2. The van der Waals surface area contributed by atoms with E-state index in [0.29, 0.717) is 0 Å². The van der Waals surface area contributed by atoms with Gasteiger partial charge < -0.3 is 15.7 Å². The number of benzene rings is 1. The van der Waals surface area contributed by atoms with Gasteiger partial charge in [0, 0.05) is 24.7 Å². The van der Waals surface area contributed by atoms with Gasteiger partial charge in [0.15, 0.2) is 0 Å². The summed E-state index contributed by atoms with van der Waals surface area (Å²) in [7, 11) is 0. The standard InChI is InChI=1S/C14H20N2O3/c1-10-5-3-4-6-12(10)16(8-7-14(18)19)13(17)9-11(2)15/h3-6,11H,7-9,15H2,1-2H3,(H,18,19). The van der Waals surface area contributed by atoms with Gasteiger partial charge >= 0.3 is 5.97 Å². The van der Waals surface area contributed by atoms with Gasteiger partial charge in [0.25, 0.3) is 0 Å². The van der Waals surface area contributed by atoms with Crippen molar-refractivity contribution in [3.63, 3.8) is 0 Å². The molecular weight excluding hydrogens is 244 g/mol. The molecule has 5 heteroatoms. The molecule has 0 aromatic heterocycles. The van der Waals surface area contributed by atoms with Crippen molar-refractivity contribution >= 4 is 17.6 Å². The summed E-state index contributed by atoms with van der Waals surface area (Å²) in [5, 5.41) is 8.78. The maximum absolute atomic E-state index is 12.2. The maximum Gasteiger partial charge on any atom is 0.305 e. The van der Waals surface area contributed by atoms with Gasteiger partial charge in [-0.1, -0.05) is 18.2 Å². The third-order valence-corrected chi connectivity index (χ3v) is 2.75. The summed E-state index contributed by atoms with van der Waals surface area (Å²) in [5.41, 5.74) is 7.32. The van der Waals surface area contributed by atoms with E-state index in [0.717, 1.165) is 11.3 Å². The van der Waals surface area contributed by atoms with Crippen LogP contribution in [0.1, 0.15) is 25.3 Å². The fourth-order valence-corrected chi connectivity index (χ4v) is 1.84. The molecule has 0 fully saturated rings. The normalized spacial score (nSPS) is 11.9. The number of amides is 1. The van der Waals surface area contributed by atoms with Crippen molar-refractivity contribution in [1.29, 1.82) is 0 Å². The van der Waals surface area contributed by atoms with Crippen LogP contribution < -0.4 is 10.6 Å². The number of nitrogens with zero attached hydrogens (tertiary/aromatic N) is 1.